The molecule has 31 heteroatoms. The van der Waals surface area contributed by atoms with Crippen molar-refractivity contribution in [2.24, 2.45) is 22.2 Å². The van der Waals surface area contributed by atoms with Crippen LogP contribution in [0.5, 0.6) is 0 Å². The molecule has 4 aliphatic carbocycles. The SMILES string of the molecule is Cc1c(-c2ccc(N3CCn4cnc(C(=O)Nc5nc6ccccc6s5)c4C3)nc2C(=O)O)cnn1CC12CC3(C)CC(C)(C1)CC(OCCNC(=O)OCc1ccc(NC(=O)[C@H](C)NC(=O)C(NC(=O)CN4C(=O)C=CC4=O)C(C)C)cc1CC[C@@H]1O[C@H](C(=O)O)[C@@H](O)[C@H](O)[C@H]1O)(C3)C2. The normalized spacial score (nSPS) is 25.8. The van der Waals surface area contributed by atoms with Gasteiger partial charge in [-0.3, -0.25) is 43.7 Å². The van der Waals surface area contributed by atoms with Crippen molar-refractivity contribution in [1.82, 2.24) is 50.1 Å². The van der Waals surface area contributed by atoms with Crippen molar-refractivity contribution >= 4 is 91.7 Å². The maximum atomic E-state index is 13.6. The number of hydrogen-bond donors (Lipinski definition) is 10. The minimum atomic E-state index is -1.91. The molecular formula is C69H81N13O17S. The molecular weight excluding hydrogens is 1310 g/mol. The molecule has 30 nitrogen and oxygen atoms in total. The van der Waals surface area contributed by atoms with Crippen LogP contribution in [-0.4, -0.2) is 188 Å². The number of ether oxygens (including phenoxy) is 3. The lowest BCUT2D eigenvalue weighted by Gasteiger charge is -2.69. The minimum Gasteiger partial charge on any atom is -0.479 e. The fourth-order valence-corrected chi connectivity index (χ4v) is 17.4. The summed E-state index contributed by atoms with van der Waals surface area (Å²) in [5, 5.41) is 71.1. The van der Waals surface area contributed by atoms with Crippen LogP contribution >= 0.6 is 11.3 Å². The zero-order valence-corrected chi connectivity index (χ0v) is 56.9. The number of imidazole rings is 1. The van der Waals surface area contributed by atoms with E-state index in [9.17, 15) is 68.7 Å². The van der Waals surface area contributed by atoms with Crippen LogP contribution in [0.15, 0.2) is 79.3 Å². The smallest absolute Gasteiger partial charge is 0.407 e. The number of carbonyl (C=O) groups excluding carboxylic acids is 7. The highest BCUT2D eigenvalue weighted by Gasteiger charge is 2.66. The Labute approximate surface area is 577 Å². The summed E-state index contributed by atoms with van der Waals surface area (Å²) < 4.78 is 23.0. The lowest BCUT2D eigenvalue weighted by molar-refractivity contribution is -0.247. The van der Waals surface area contributed by atoms with Gasteiger partial charge in [0.15, 0.2) is 22.6 Å². The molecule has 1 saturated heterocycles. The summed E-state index contributed by atoms with van der Waals surface area (Å²) >= 11 is 1.37. The molecule has 100 heavy (non-hydrogen) atoms. The molecule has 0 spiro atoms. The van der Waals surface area contributed by atoms with Crippen LogP contribution in [0.2, 0.25) is 0 Å². The number of fused-ring (bicyclic) bond motifs is 2. The third-order valence-corrected chi connectivity index (χ3v) is 21.0. The second-order valence-electron chi connectivity index (χ2n) is 28.5. The predicted molar refractivity (Wildman–Crippen MR) is 359 cm³/mol. The summed E-state index contributed by atoms with van der Waals surface area (Å²) in [6.07, 6.45) is 1.23. The number of para-hydroxylation sites is 1. The zero-order chi connectivity index (χ0) is 71.3. The number of aliphatic hydroxyl groups excluding tert-OH is 3. The van der Waals surface area contributed by atoms with Crippen LogP contribution in [0.25, 0.3) is 21.3 Å². The van der Waals surface area contributed by atoms with Crippen molar-refractivity contribution in [2.45, 2.75) is 167 Å². The van der Waals surface area contributed by atoms with Gasteiger partial charge in [-0.2, -0.15) is 5.10 Å². The summed E-state index contributed by atoms with van der Waals surface area (Å²) in [7, 11) is 0. The maximum absolute atomic E-state index is 13.6. The number of aryl methyl sites for hydroxylation is 1. The van der Waals surface area contributed by atoms with Crippen LogP contribution in [0.3, 0.4) is 0 Å². The van der Waals surface area contributed by atoms with Crippen LogP contribution in [0, 0.1) is 29.1 Å². The molecule has 9 atom stereocenters. The number of hydrogen-bond acceptors (Lipinski definition) is 21. The monoisotopic (exact) mass is 1400 g/mol. The molecule has 4 aromatic heterocycles. The number of rotatable bonds is 25. The molecule has 4 bridgehead atoms. The Morgan fingerprint density at radius 3 is 2.25 bits per heavy atom. The topological polar surface area (TPSA) is 411 Å². The molecule has 13 rings (SSSR count). The fraction of sp³-hybridized carbons (Fsp3) is 0.493. The van der Waals surface area contributed by atoms with E-state index in [2.05, 4.69) is 50.4 Å². The molecule has 7 aliphatic rings. The number of imide groups is 1. The summed E-state index contributed by atoms with van der Waals surface area (Å²) in [6, 6.07) is 13.5. The van der Waals surface area contributed by atoms with Crippen molar-refractivity contribution < 1.29 is 82.9 Å². The number of anilines is 3. The zero-order valence-electron chi connectivity index (χ0n) is 56.1. The third kappa shape index (κ3) is 14.7. The first kappa shape index (κ1) is 70.3. The number of aromatic nitrogens is 6. The molecule has 530 valence electrons. The van der Waals surface area contributed by atoms with Gasteiger partial charge in [0.05, 0.1) is 53.3 Å². The Morgan fingerprint density at radius 1 is 0.800 bits per heavy atom. The summed E-state index contributed by atoms with van der Waals surface area (Å²) in [6.45, 7) is 12.5. The van der Waals surface area contributed by atoms with Crippen molar-refractivity contribution in [1.29, 1.82) is 0 Å². The number of pyridine rings is 1. The summed E-state index contributed by atoms with van der Waals surface area (Å²) in [4.78, 5) is 133. The predicted octanol–water partition coefficient (Wildman–Crippen LogP) is 4.47. The van der Waals surface area contributed by atoms with Gasteiger partial charge >= 0.3 is 18.0 Å². The van der Waals surface area contributed by atoms with E-state index in [1.807, 2.05) is 45.3 Å². The second kappa shape index (κ2) is 27.9. The van der Waals surface area contributed by atoms with Gasteiger partial charge in [-0.05, 0) is 135 Å². The van der Waals surface area contributed by atoms with Crippen molar-refractivity contribution in [2.75, 3.05) is 41.8 Å². The molecule has 3 unspecified atom stereocenters. The number of nitrogens with zero attached hydrogens (tertiary/aromatic N) is 8. The summed E-state index contributed by atoms with van der Waals surface area (Å²) in [5.41, 5.74) is 3.64. The molecule has 4 saturated carbocycles. The van der Waals surface area contributed by atoms with Crippen LogP contribution < -0.4 is 31.5 Å². The van der Waals surface area contributed by atoms with Gasteiger partial charge in [0.25, 0.3) is 17.7 Å². The average molecular weight is 1400 g/mol. The van der Waals surface area contributed by atoms with E-state index in [1.165, 1.54) is 24.3 Å². The molecule has 7 heterocycles. The van der Waals surface area contributed by atoms with Crippen LogP contribution in [-0.2, 0) is 75.6 Å². The Balaban J connectivity index is 0.671. The van der Waals surface area contributed by atoms with Gasteiger partial charge < -0.3 is 70.5 Å². The van der Waals surface area contributed by atoms with E-state index in [0.29, 0.717) is 58.5 Å². The quantitative estimate of drug-likeness (QED) is 0.0279. The van der Waals surface area contributed by atoms with Gasteiger partial charge in [0, 0.05) is 60.8 Å². The lowest BCUT2D eigenvalue weighted by atomic mass is 9.39. The van der Waals surface area contributed by atoms with E-state index in [4.69, 9.17) is 24.3 Å². The van der Waals surface area contributed by atoms with E-state index < -0.39 is 114 Å². The Hall–Kier alpha value is -9.53. The Bertz CT molecular complexity index is 4210. The highest BCUT2D eigenvalue weighted by atomic mass is 32.1. The number of aliphatic carboxylic acids is 1. The summed E-state index contributed by atoms with van der Waals surface area (Å²) in [5.74, 6) is -6.71. The van der Waals surface area contributed by atoms with E-state index in [-0.39, 0.29) is 72.5 Å². The first-order valence-corrected chi connectivity index (χ1v) is 34.1. The Kier molecular flexibility index (Phi) is 19.6. The van der Waals surface area contributed by atoms with Gasteiger partial charge in [-0.15, -0.1) is 0 Å². The molecule has 0 radical (unpaired) electrons. The van der Waals surface area contributed by atoms with Gasteiger partial charge in [0.2, 0.25) is 17.7 Å². The number of thiazole rings is 1. The minimum absolute atomic E-state index is 0.00943. The highest BCUT2D eigenvalue weighted by molar-refractivity contribution is 7.22. The number of alkyl carbamates (subject to hydrolysis) is 1. The highest BCUT2D eigenvalue weighted by Crippen LogP contribution is 2.72. The van der Waals surface area contributed by atoms with Crippen molar-refractivity contribution in [3.63, 3.8) is 0 Å². The number of aliphatic hydroxyl groups is 3. The number of benzene rings is 2. The third-order valence-electron chi connectivity index (χ3n) is 20.1. The number of carbonyl (C=O) groups is 9. The molecule has 6 aromatic rings. The van der Waals surface area contributed by atoms with E-state index in [0.717, 1.165) is 71.5 Å². The van der Waals surface area contributed by atoms with Crippen molar-refractivity contribution in [3.05, 3.63) is 113 Å². The standard InChI is InChI=1S/C69H81N13O17S/c1-36(2)52(77-49(83)26-81-50(84)17-18-51(81)85)60(90)73-37(3)59(89)74-41-13-11-40(39(23-41)12-15-46-55(86)56(87)57(88)58(99-46)63(94)95)27-97-65(96)70-19-22-98-69-31-66(5)28-67(6,32-69)30-68(29-66,33-69)34-82-38(4)43(24-72-82)42-14-16-48(76-53(42)62(92)93)79-20-21-80-35-71-54(45(80)25-79)61(91)78-64-75-44-9-7-8-10-47(44)100-64/h7-11,13-14,16-18,23-24,35-37,46,52,55-58,86-88H,12,15,19-22,25-34H2,1-6H3,(H,70,96)(H,73,90)(H,74,89)(H,77,83)(H,92,93)(H,94,95)(H,75,78,91)/t37-,46-,52?,55-,56+,57-,58-,66?,67?,68?,69?/m0/s1. The first-order chi connectivity index (χ1) is 47.5. The lowest BCUT2D eigenvalue weighted by Crippen LogP contribution is -2.64. The average Bonchev–Trinajstić information content (AvgIpc) is 1.43. The number of carboxylic acid groups (broad SMARTS) is 2. The van der Waals surface area contributed by atoms with Crippen molar-refractivity contribution in [3.8, 4) is 11.1 Å². The van der Waals surface area contributed by atoms with Crippen LogP contribution in [0.4, 0.5) is 21.4 Å². The fourth-order valence-electron chi connectivity index (χ4n) is 16.6. The maximum Gasteiger partial charge on any atom is 0.407 e. The van der Waals surface area contributed by atoms with E-state index >= 15 is 0 Å². The van der Waals surface area contributed by atoms with E-state index in [1.54, 1.807) is 50.6 Å². The molecule has 7 amide bonds. The van der Waals surface area contributed by atoms with Gasteiger partial charge in [-0.25, -0.2) is 29.3 Å². The number of nitrogens with one attached hydrogen (secondary N) is 5. The Morgan fingerprint density at radius 2 is 1.54 bits per heavy atom. The van der Waals surface area contributed by atoms with Crippen LogP contribution in [0.1, 0.15) is 123 Å². The molecule has 5 fully saturated rings. The van der Waals surface area contributed by atoms with Gasteiger partial charge in [0.1, 0.15) is 49.4 Å². The van der Waals surface area contributed by atoms with Gasteiger partial charge in [-0.1, -0.05) is 57.2 Å². The molecule has 3 aliphatic heterocycles. The first-order valence-electron chi connectivity index (χ1n) is 33.3. The number of aromatic carboxylic acids is 1. The second-order valence-corrected chi connectivity index (χ2v) is 29.5. The number of amides is 7. The molecule has 2 aromatic carbocycles. The number of carboxylic acids is 2. The largest absolute Gasteiger partial charge is 0.479 e. The molecule has 10 N–H and O–H groups in total.